The summed E-state index contributed by atoms with van der Waals surface area (Å²) in [6, 6.07) is 4.58. The summed E-state index contributed by atoms with van der Waals surface area (Å²) in [5, 5.41) is 0. The van der Waals surface area contributed by atoms with Gasteiger partial charge in [-0.3, -0.25) is 0 Å². The highest BCUT2D eigenvalue weighted by Gasteiger charge is 2.14. The van der Waals surface area contributed by atoms with E-state index < -0.39 is 10.0 Å². The predicted molar refractivity (Wildman–Crippen MR) is 68.6 cm³/mol. The van der Waals surface area contributed by atoms with Crippen molar-refractivity contribution in [3.8, 4) is 0 Å². The Morgan fingerprint density at radius 2 is 2.06 bits per heavy atom. The number of halogens is 1. The average Bonchev–Trinajstić information content (AvgIpc) is 2.19. The molecule has 1 aromatic carbocycles. The second kappa shape index (κ2) is 5.16. The van der Waals surface area contributed by atoms with Gasteiger partial charge in [0.15, 0.2) is 0 Å². The quantitative estimate of drug-likeness (QED) is 0.835. The second-order valence-electron chi connectivity index (χ2n) is 3.93. The number of benzene rings is 1. The van der Waals surface area contributed by atoms with Crippen LogP contribution < -0.4 is 10.5 Å². The van der Waals surface area contributed by atoms with E-state index in [9.17, 15) is 8.42 Å². The fourth-order valence-electron chi connectivity index (χ4n) is 1.05. The van der Waals surface area contributed by atoms with Crippen LogP contribution in [0.15, 0.2) is 27.6 Å². The molecule has 16 heavy (non-hydrogen) atoms. The Hall–Kier alpha value is -0.590. The Labute approximate surface area is 104 Å². The van der Waals surface area contributed by atoms with Crippen LogP contribution in [-0.2, 0) is 10.0 Å². The Bertz CT molecular complexity index is 472. The van der Waals surface area contributed by atoms with E-state index in [0.29, 0.717) is 16.7 Å². The van der Waals surface area contributed by atoms with Gasteiger partial charge in [0.1, 0.15) is 0 Å². The van der Waals surface area contributed by atoms with Crippen molar-refractivity contribution in [2.45, 2.75) is 18.7 Å². The first-order valence-corrected chi connectivity index (χ1v) is 7.15. The standard InChI is InChI=1S/C10H15BrN2O2S/c1-7(2)6-13-16(14,15)8-3-4-9(11)10(12)5-8/h3-5,7,13H,6,12H2,1-2H3. The molecule has 0 radical (unpaired) electrons. The maximum absolute atomic E-state index is 11.8. The third kappa shape index (κ3) is 3.47. The maximum atomic E-state index is 11.8. The average molecular weight is 307 g/mol. The molecule has 1 rings (SSSR count). The minimum absolute atomic E-state index is 0.189. The van der Waals surface area contributed by atoms with Gasteiger partial charge in [-0.05, 0) is 40.0 Å². The molecule has 0 atom stereocenters. The first-order chi connectivity index (χ1) is 7.33. The molecule has 90 valence electrons. The fraction of sp³-hybridized carbons (Fsp3) is 0.400. The molecule has 0 unspecified atom stereocenters. The van der Waals surface area contributed by atoms with Crippen molar-refractivity contribution in [1.29, 1.82) is 0 Å². The second-order valence-corrected chi connectivity index (χ2v) is 6.55. The lowest BCUT2D eigenvalue weighted by molar-refractivity contribution is 0.560. The molecule has 0 aliphatic carbocycles. The van der Waals surface area contributed by atoms with Crippen LogP contribution in [0.1, 0.15) is 13.8 Å². The van der Waals surface area contributed by atoms with E-state index in [4.69, 9.17) is 5.73 Å². The Morgan fingerprint density at radius 3 is 2.56 bits per heavy atom. The summed E-state index contributed by atoms with van der Waals surface area (Å²) in [7, 11) is -3.45. The van der Waals surface area contributed by atoms with E-state index in [2.05, 4.69) is 20.7 Å². The van der Waals surface area contributed by atoms with Crippen LogP contribution in [0.25, 0.3) is 0 Å². The largest absolute Gasteiger partial charge is 0.398 e. The van der Waals surface area contributed by atoms with Gasteiger partial charge in [-0.1, -0.05) is 13.8 Å². The lowest BCUT2D eigenvalue weighted by Gasteiger charge is -2.09. The van der Waals surface area contributed by atoms with Crippen molar-refractivity contribution < 1.29 is 8.42 Å². The summed E-state index contributed by atoms with van der Waals surface area (Å²) in [5.74, 6) is 0.266. The van der Waals surface area contributed by atoms with Gasteiger partial charge in [0.2, 0.25) is 10.0 Å². The van der Waals surface area contributed by atoms with E-state index in [-0.39, 0.29) is 10.8 Å². The highest BCUT2D eigenvalue weighted by atomic mass is 79.9. The molecular formula is C10H15BrN2O2S. The molecule has 0 spiro atoms. The lowest BCUT2D eigenvalue weighted by Crippen LogP contribution is -2.27. The van der Waals surface area contributed by atoms with Gasteiger partial charge < -0.3 is 5.73 Å². The van der Waals surface area contributed by atoms with Gasteiger partial charge in [0.05, 0.1) is 4.90 Å². The van der Waals surface area contributed by atoms with Crippen LogP contribution in [0.2, 0.25) is 0 Å². The monoisotopic (exact) mass is 306 g/mol. The highest BCUT2D eigenvalue weighted by molar-refractivity contribution is 9.10. The number of rotatable bonds is 4. The SMILES string of the molecule is CC(C)CNS(=O)(=O)c1ccc(Br)c(N)c1. The van der Waals surface area contributed by atoms with Crippen molar-refractivity contribution in [2.24, 2.45) is 5.92 Å². The summed E-state index contributed by atoms with van der Waals surface area (Å²) in [5.41, 5.74) is 6.04. The van der Waals surface area contributed by atoms with Crippen LogP contribution in [-0.4, -0.2) is 15.0 Å². The molecule has 0 aromatic heterocycles. The molecule has 0 aliphatic rings. The molecule has 0 saturated heterocycles. The number of nitrogens with two attached hydrogens (primary N) is 1. The molecular weight excluding hydrogens is 292 g/mol. The number of nitrogens with one attached hydrogen (secondary N) is 1. The van der Waals surface area contributed by atoms with Crippen molar-refractivity contribution in [2.75, 3.05) is 12.3 Å². The van der Waals surface area contributed by atoms with Gasteiger partial charge in [0.25, 0.3) is 0 Å². The highest BCUT2D eigenvalue weighted by Crippen LogP contribution is 2.22. The molecule has 0 amide bonds. The molecule has 0 heterocycles. The zero-order valence-electron chi connectivity index (χ0n) is 9.20. The van der Waals surface area contributed by atoms with E-state index in [0.717, 1.165) is 0 Å². The number of anilines is 1. The first kappa shape index (κ1) is 13.5. The van der Waals surface area contributed by atoms with E-state index in [1.54, 1.807) is 6.07 Å². The summed E-state index contributed by atoms with van der Waals surface area (Å²) >= 11 is 3.22. The Kier molecular flexibility index (Phi) is 4.35. The zero-order valence-corrected chi connectivity index (χ0v) is 11.6. The lowest BCUT2D eigenvalue weighted by atomic mass is 10.2. The summed E-state index contributed by atoms with van der Waals surface area (Å²) in [4.78, 5) is 0.189. The zero-order chi connectivity index (χ0) is 12.3. The van der Waals surface area contributed by atoms with Crippen LogP contribution >= 0.6 is 15.9 Å². The van der Waals surface area contributed by atoms with Gasteiger partial charge >= 0.3 is 0 Å². The fourth-order valence-corrected chi connectivity index (χ4v) is 2.54. The predicted octanol–water partition coefficient (Wildman–Crippen LogP) is 1.97. The molecule has 4 nitrogen and oxygen atoms in total. The summed E-state index contributed by atoms with van der Waals surface area (Å²) in [6.07, 6.45) is 0. The van der Waals surface area contributed by atoms with Crippen LogP contribution in [0.4, 0.5) is 5.69 Å². The van der Waals surface area contributed by atoms with Gasteiger partial charge in [-0.2, -0.15) is 0 Å². The molecule has 6 heteroatoms. The van der Waals surface area contributed by atoms with E-state index >= 15 is 0 Å². The van der Waals surface area contributed by atoms with Crippen molar-refractivity contribution in [3.05, 3.63) is 22.7 Å². The minimum atomic E-state index is -3.45. The molecule has 0 aliphatic heterocycles. The van der Waals surface area contributed by atoms with Crippen molar-refractivity contribution in [1.82, 2.24) is 4.72 Å². The van der Waals surface area contributed by atoms with Crippen LogP contribution in [0.5, 0.6) is 0 Å². The molecule has 0 saturated carbocycles. The molecule has 0 fully saturated rings. The van der Waals surface area contributed by atoms with Gasteiger partial charge in [-0.15, -0.1) is 0 Å². The Morgan fingerprint density at radius 1 is 1.44 bits per heavy atom. The summed E-state index contributed by atoms with van der Waals surface area (Å²) < 4.78 is 26.8. The third-order valence-electron chi connectivity index (χ3n) is 1.96. The van der Waals surface area contributed by atoms with E-state index in [1.807, 2.05) is 13.8 Å². The first-order valence-electron chi connectivity index (χ1n) is 4.87. The number of hydrogen-bond acceptors (Lipinski definition) is 3. The Balaban J connectivity index is 2.94. The normalized spacial score (nSPS) is 12.0. The van der Waals surface area contributed by atoms with Crippen LogP contribution in [0.3, 0.4) is 0 Å². The number of hydrogen-bond donors (Lipinski definition) is 2. The molecule has 0 bridgehead atoms. The van der Waals surface area contributed by atoms with Crippen molar-refractivity contribution in [3.63, 3.8) is 0 Å². The minimum Gasteiger partial charge on any atom is -0.398 e. The van der Waals surface area contributed by atoms with Gasteiger partial charge in [-0.25, -0.2) is 13.1 Å². The smallest absolute Gasteiger partial charge is 0.240 e. The van der Waals surface area contributed by atoms with Crippen LogP contribution in [0, 0.1) is 5.92 Å². The molecule has 1 aromatic rings. The maximum Gasteiger partial charge on any atom is 0.240 e. The third-order valence-corrected chi connectivity index (χ3v) is 4.10. The topological polar surface area (TPSA) is 72.2 Å². The van der Waals surface area contributed by atoms with Gasteiger partial charge in [0, 0.05) is 16.7 Å². The van der Waals surface area contributed by atoms with E-state index in [1.165, 1.54) is 12.1 Å². The summed E-state index contributed by atoms with van der Waals surface area (Å²) in [6.45, 7) is 4.30. The number of nitrogen functional groups attached to an aromatic ring is 1. The molecule has 3 N–H and O–H groups in total. The van der Waals surface area contributed by atoms with Crippen molar-refractivity contribution >= 4 is 31.6 Å². The number of sulfonamides is 1.